The van der Waals surface area contributed by atoms with Crippen LogP contribution in [0.5, 0.6) is 0 Å². The third-order valence-electron chi connectivity index (χ3n) is 6.92. The highest BCUT2D eigenvalue weighted by Crippen LogP contribution is 2.40. The number of rotatable bonds is 4. The molecule has 0 radical (unpaired) electrons. The van der Waals surface area contributed by atoms with Crippen LogP contribution < -0.4 is 11.5 Å². The lowest BCUT2D eigenvalue weighted by atomic mass is 10.1. The number of carbonyl (C=O) groups excluding carboxylic acids is 1. The van der Waals surface area contributed by atoms with Crippen molar-refractivity contribution in [2.75, 3.05) is 18.8 Å². The fourth-order valence-corrected chi connectivity index (χ4v) is 5.25. The molecule has 4 heterocycles. The number of anilines is 1. The summed E-state index contributed by atoms with van der Waals surface area (Å²) in [4.78, 5) is 25.2. The quantitative estimate of drug-likeness (QED) is 0.475. The number of hydrogen-bond donors (Lipinski definition) is 2. The average Bonchev–Trinajstić information content (AvgIpc) is 3.65. The summed E-state index contributed by atoms with van der Waals surface area (Å²) in [5.41, 5.74) is 16.1. The molecule has 2 fully saturated rings. The highest BCUT2D eigenvalue weighted by atomic mass is 16.6. The fraction of sp³-hybridized carbons (Fsp3) is 0.375. The normalized spacial score (nSPS) is 18.9. The summed E-state index contributed by atoms with van der Waals surface area (Å²) in [5, 5.41) is 7.82. The maximum absolute atomic E-state index is 13.7. The van der Waals surface area contributed by atoms with Crippen molar-refractivity contribution in [3.05, 3.63) is 42.1 Å². The van der Waals surface area contributed by atoms with Crippen LogP contribution in [0.15, 0.2) is 41.2 Å². The van der Waals surface area contributed by atoms with Crippen LogP contribution in [0.4, 0.5) is 5.82 Å². The molecule has 34 heavy (non-hydrogen) atoms. The maximum Gasteiger partial charge on any atom is 0.257 e. The van der Waals surface area contributed by atoms with E-state index < -0.39 is 0 Å². The predicted octanol–water partition coefficient (Wildman–Crippen LogP) is 3.02. The van der Waals surface area contributed by atoms with Crippen molar-refractivity contribution in [3.63, 3.8) is 0 Å². The molecule has 0 spiro atoms. The lowest BCUT2D eigenvalue weighted by molar-refractivity contribution is 0.0792. The van der Waals surface area contributed by atoms with Crippen molar-refractivity contribution in [1.82, 2.24) is 29.7 Å². The van der Waals surface area contributed by atoms with E-state index in [1.807, 2.05) is 30.3 Å². The zero-order chi connectivity index (χ0) is 23.2. The van der Waals surface area contributed by atoms with E-state index in [2.05, 4.69) is 14.9 Å². The Labute approximate surface area is 195 Å². The van der Waals surface area contributed by atoms with E-state index in [9.17, 15) is 4.79 Å². The number of fused-ring (bicyclic) bond motifs is 1. The second kappa shape index (κ2) is 8.21. The number of nitrogens with zero attached hydrogens (tertiary/aromatic N) is 6. The SMILES string of the molecule is Nc1nonc1-c1nc2c(-c3ccccc3)ncc(C(=O)N3CCC(N)C3)c2n1C1CCCC1. The molecule has 1 saturated carbocycles. The molecule has 10 heteroatoms. The molecule has 6 rings (SSSR count). The first kappa shape index (κ1) is 20.8. The number of nitrogens with two attached hydrogens (primary N) is 2. The first-order valence-electron chi connectivity index (χ1n) is 11.7. The van der Waals surface area contributed by atoms with Gasteiger partial charge in [0.15, 0.2) is 17.3 Å². The lowest BCUT2D eigenvalue weighted by Crippen LogP contribution is -2.32. The Morgan fingerprint density at radius 1 is 1.06 bits per heavy atom. The van der Waals surface area contributed by atoms with Gasteiger partial charge in [-0.3, -0.25) is 9.78 Å². The van der Waals surface area contributed by atoms with Crippen molar-refractivity contribution >= 4 is 22.8 Å². The third-order valence-corrected chi connectivity index (χ3v) is 6.92. The molecule has 1 aromatic carbocycles. The Morgan fingerprint density at radius 2 is 1.85 bits per heavy atom. The summed E-state index contributed by atoms with van der Waals surface area (Å²) in [5.74, 6) is 0.641. The van der Waals surface area contributed by atoms with Crippen molar-refractivity contribution in [1.29, 1.82) is 0 Å². The van der Waals surface area contributed by atoms with Gasteiger partial charge in [0.2, 0.25) is 0 Å². The van der Waals surface area contributed by atoms with E-state index in [0.29, 0.717) is 41.4 Å². The van der Waals surface area contributed by atoms with Crippen molar-refractivity contribution in [3.8, 4) is 22.8 Å². The molecule has 4 N–H and O–H groups in total. The molecule has 1 atom stereocenters. The number of benzene rings is 1. The first-order chi connectivity index (χ1) is 16.6. The van der Waals surface area contributed by atoms with E-state index >= 15 is 0 Å². The number of hydrogen-bond acceptors (Lipinski definition) is 8. The molecule has 0 bridgehead atoms. The molecule has 3 aromatic heterocycles. The van der Waals surface area contributed by atoms with Gasteiger partial charge in [-0.05, 0) is 29.6 Å². The number of likely N-dealkylation sites (tertiary alicyclic amines) is 1. The van der Waals surface area contributed by atoms with Gasteiger partial charge in [-0.15, -0.1) is 0 Å². The van der Waals surface area contributed by atoms with Crippen LogP contribution in [0.25, 0.3) is 33.8 Å². The van der Waals surface area contributed by atoms with E-state index in [0.717, 1.165) is 43.2 Å². The molecule has 4 aromatic rings. The molecular weight excluding hydrogens is 432 g/mol. The van der Waals surface area contributed by atoms with Crippen LogP contribution in [-0.2, 0) is 0 Å². The summed E-state index contributed by atoms with van der Waals surface area (Å²) in [6, 6.07) is 10.0. The Balaban J connectivity index is 1.65. The standard InChI is InChI=1S/C24H26N8O2/c25-15-10-11-31(13-15)24(33)17-12-27-18(14-6-2-1-3-7-14)19-21(17)32(16-8-4-5-9-16)23(28-19)20-22(26)30-34-29-20/h1-3,6-7,12,15-16H,4-5,8-11,13,25H2,(H2,26,30). The van der Waals surface area contributed by atoms with Gasteiger partial charge in [-0.2, -0.15) is 0 Å². The minimum atomic E-state index is -0.0815. The fourth-order valence-electron chi connectivity index (χ4n) is 5.25. The van der Waals surface area contributed by atoms with Gasteiger partial charge in [0.05, 0.1) is 16.8 Å². The highest BCUT2D eigenvalue weighted by Gasteiger charge is 2.33. The van der Waals surface area contributed by atoms with Gasteiger partial charge in [-0.25, -0.2) is 9.61 Å². The number of nitrogen functional groups attached to an aromatic ring is 1. The first-order valence-corrected chi connectivity index (χ1v) is 11.7. The number of amides is 1. The van der Waals surface area contributed by atoms with Crippen LogP contribution in [-0.4, -0.2) is 54.8 Å². The Hall–Kier alpha value is -3.79. The molecule has 1 aliphatic heterocycles. The molecule has 1 amide bonds. The van der Waals surface area contributed by atoms with E-state index in [1.54, 1.807) is 11.1 Å². The Morgan fingerprint density at radius 3 is 2.53 bits per heavy atom. The summed E-state index contributed by atoms with van der Waals surface area (Å²) in [6.07, 6.45) is 6.65. The summed E-state index contributed by atoms with van der Waals surface area (Å²) < 4.78 is 7.04. The van der Waals surface area contributed by atoms with Crippen LogP contribution in [0.1, 0.15) is 48.5 Å². The van der Waals surface area contributed by atoms with E-state index in [4.69, 9.17) is 26.1 Å². The lowest BCUT2D eigenvalue weighted by Gasteiger charge is -2.20. The van der Waals surface area contributed by atoms with Gasteiger partial charge in [0.25, 0.3) is 5.91 Å². The summed E-state index contributed by atoms with van der Waals surface area (Å²) in [6.45, 7) is 1.16. The van der Waals surface area contributed by atoms with Crippen LogP contribution in [0.3, 0.4) is 0 Å². The molecule has 10 nitrogen and oxygen atoms in total. The maximum atomic E-state index is 13.7. The molecule has 1 aliphatic carbocycles. The van der Waals surface area contributed by atoms with Crippen molar-refractivity contribution in [2.45, 2.75) is 44.2 Å². The van der Waals surface area contributed by atoms with Crippen LogP contribution in [0, 0.1) is 0 Å². The molecule has 1 saturated heterocycles. The van der Waals surface area contributed by atoms with Crippen molar-refractivity contribution < 1.29 is 9.42 Å². The molecule has 174 valence electrons. The Kier molecular flexibility index (Phi) is 5.02. The number of pyridine rings is 1. The van der Waals surface area contributed by atoms with E-state index in [-0.39, 0.29) is 23.8 Å². The van der Waals surface area contributed by atoms with Gasteiger partial charge in [-0.1, -0.05) is 43.2 Å². The third kappa shape index (κ3) is 3.33. The second-order valence-electron chi connectivity index (χ2n) is 9.13. The largest absolute Gasteiger partial charge is 0.379 e. The molecule has 2 aliphatic rings. The predicted molar refractivity (Wildman–Crippen MR) is 127 cm³/mol. The van der Waals surface area contributed by atoms with Crippen LogP contribution in [0.2, 0.25) is 0 Å². The van der Waals surface area contributed by atoms with Crippen LogP contribution >= 0.6 is 0 Å². The molecular formula is C24H26N8O2. The van der Waals surface area contributed by atoms with Gasteiger partial charge in [0, 0.05) is 36.9 Å². The minimum Gasteiger partial charge on any atom is -0.379 e. The number of carbonyl (C=O) groups is 1. The average molecular weight is 459 g/mol. The topological polar surface area (TPSA) is 142 Å². The number of aromatic nitrogens is 5. The number of imidazole rings is 1. The molecule has 1 unspecified atom stereocenters. The van der Waals surface area contributed by atoms with Gasteiger partial charge in [0.1, 0.15) is 5.52 Å². The van der Waals surface area contributed by atoms with Crippen molar-refractivity contribution in [2.24, 2.45) is 5.73 Å². The zero-order valence-corrected chi connectivity index (χ0v) is 18.7. The second-order valence-corrected chi connectivity index (χ2v) is 9.13. The summed E-state index contributed by atoms with van der Waals surface area (Å²) in [7, 11) is 0. The zero-order valence-electron chi connectivity index (χ0n) is 18.7. The Bertz CT molecular complexity index is 1360. The van der Waals surface area contributed by atoms with E-state index in [1.165, 1.54) is 0 Å². The van der Waals surface area contributed by atoms with Gasteiger partial charge < -0.3 is 20.9 Å². The monoisotopic (exact) mass is 458 g/mol. The summed E-state index contributed by atoms with van der Waals surface area (Å²) >= 11 is 0. The highest BCUT2D eigenvalue weighted by molar-refractivity contribution is 6.08. The smallest absolute Gasteiger partial charge is 0.257 e. The van der Waals surface area contributed by atoms with Gasteiger partial charge >= 0.3 is 0 Å². The minimum absolute atomic E-state index is 0.00713.